The number of hydrogen-bond donors (Lipinski definition) is 0. The van der Waals surface area contributed by atoms with E-state index in [1.807, 2.05) is 6.08 Å². The monoisotopic (exact) mass is 730 g/mol. The van der Waals surface area contributed by atoms with E-state index >= 15 is 0 Å². The molecule has 0 heterocycles. The van der Waals surface area contributed by atoms with Crippen molar-refractivity contribution >= 4 is 46.7 Å². The summed E-state index contributed by atoms with van der Waals surface area (Å²) in [5.41, 5.74) is 22.7. The zero-order valence-electron chi connectivity index (χ0n) is 32.6. The van der Waals surface area contributed by atoms with Crippen molar-refractivity contribution in [1.29, 1.82) is 0 Å². The molecule has 0 bridgehead atoms. The van der Waals surface area contributed by atoms with Gasteiger partial charge in [0.2, 0.25) is 0 Å². The lowest BCUT2D eigenvalue weighted by molar-refractivity contribution is 0.642. The van der Waals surface area contributed by atoms with Crippen LogP contribution >= 0.6 is 0 Å². The number of fused-ring (bicyclic) bond motifs is 10. The fourth-order valence-electron chi connectivity index (χ4n) is 10.6. The predicted molar refractivity (Wildman–Crippen MR) is 244 cm³/mol. The Morgan fingerprint density at radius 1 is 0.544 bits per heavy atom. The molecular formula is C57H46. The highest BCUT2D eigenvalue weighted by molar-refractivity contribution is 5.99. The van der Waals surface area contributed by atoms with Crippen LogP contribution < -0.4 is 0 Å². The number of terminal acetylenes is 1. The van der Waals surface area contributed by atoms with Crippen molar-refractivity contribution in [2.24, 2.45) is 11.8 Å². The number of rotatable bonds is 4. The van der Waals surface area contributed by atoms with Crippen LogP contribution in [0, 0.1) is 24.2 Å². The van der Waals surface area contributed by atoms with Crippen molar-refractivity contribution in [3.8, 4) is 23.5 Å². The minimum Gasteiger partial charge on any atom is -0.115 e. The molecule has 0 aromatic heterocycles. The Balaban J connectivity index is 0.845. The van der Waals surface area contributed by atoms with Crippen molar-refractivity contribution in [3.05, 3.63) is 200 Å². The van der Waals surface area contributed by atoms with Crippen LogP contribution in [0.3, 0.4) is 0 Å². The third-order valence-corrected chi connectivity index (χ3v) is 13.9. The molecule has 6 aliphatic carbocycles. The number of aryl methyl sites for hydroxylation is 3. The Hall–Kier alpha value is -6.16. The fraction of sp³-hybridized carbons (Fsp3) is 0.193. The molecule has 0 radical (unpaired) electrons. The van der Waals surface area contributed by atoms with E-state index in [0.717, 1.165) is 38.5 Å². The summed E-state index contributed by atoms with van der Waals surface area (Å²) in [4.78, 5) is 0. The van der Waals surface area contributed by atoms with Crippen LogP contribution in [0.5, 0.6) is 0 Å². The Morgan fingerprint density at radius 3 is 2.05 bits per heavy atom. The molecule has 5 aromatic rings. The van der Waals surface area contributed by atoms with E-state index in [1.54, 1.807) is 0 Å². The van der Waals surface area contributed by atoms with Gasteiger partial charge in [0.1, 0.15) is 0 Å². The fourth-order valence-corrected chi connectivity index (χ4v) is 10.6. The van der Waals surface area contributed by atoms with Crippen molar-refractivity contribution in [2.75, 3.05) is 0 Å². The second kappa shape index (κ2) is 13.8. The summed E-state index contributed by atoms with van der Waals surface area (Å²) in [5.74, 6) is 4.30. The summed E-state index contributed by atoms with van der Waals surface area (Å²) in [6, 6.07) is 30.9. The van der Waals surface area contributed by atoms with Crippen LogP contribution in [0.15, 0.2) is 139 Å². The number of allylic oxidation sites excluding steroid dienone is 11. The van der Waals surface area contributed by atoms with Crippen LogP contribution in [-0.4, -0.2) is 0 Å². The molecule has 0 fully saturated rings. The zero-order valence-corrected chi connectivity index (χ0v) is 32.6. The highest BCUT2D eigenvalue weighted by atomic mass is 14.3. The predicted octanol–water partition coefficient (Wildman–Crippen LogP) is 14.1. The van der Waals surface area contributed by atoms with Crippen LogP contribution in [0.2, 0.25) is 0 Å². The lowest BCUT2D eigenvalue weighted by Gasteiger charge is -2.28. The van der Waals surface area contributed by atoms with Crippen LogP contribution in [0.4, 0.5) is 0 Å². The lowest BCUT2D eigenvalue weighted by atomic mass is 9.76. The molecule has 11 rings (SSSR count). The second-order valence-corrected chi connectivity index (χ2v) is 17.0. The summed E-state index contributed by atoms with van der Waals surface area (Å²) in [6.45, 7) is 2.32. The Kier molecular flexibility index (Phi) is 8.26. The van der Waals surface area contributed by atoms with Gasteiger partial charge >= 0.3 is 0 Å². The molecule has 0 saturated heterocycles. The first-order valence-electron chi connectivity index (χ1n) is 21.0. The van der Waals surface area contributed by atoms with Gasteiger partial charge in [-0.3, -0.25) is 0 Å². The minimum atomic E-state index is 0.335. The standard InChI is InChI=1S/C57H46/c1-3-4-7-37-24-26-53-51(36(37)2)28-29-55-54(53)27-25-40-13-15-50(35-57(40)55)48-23-21-44-31-42(17-19-46(44)33-48)41-16-18-45-32-47(22-20-43(45)30-41)49-14-12-39-11-10-38-8-5-6-9-52(38)56(39)34-49/h1,4-12,14,17,19-20,22,24-38,52H,13,15-16,18,21,23H2,2H3. The molecule has 274 valence electrons. The van der Waals surface area contributed by atoms with E-state index in [0.29, 0.717) is 23.7 Å². The molecule has 0 saturated carbocycles. The second-order valence-electron chi connectivity index (χ2n) is 17.0. The van der Waals surface area contributed by atoms with E-state index < -0.39 is 0 Å². The van der Waals surface area contributed by atoms with Crippen LogP contribution in [0.1, 0.15) is 99.2 Å². The van der Waals surface area contributed by atoms with Gasteiger partial charge in [0.25, 0.3) is 0 Å². The van der Waals surface area contributed by atoms with Crippen LogP contribution in [-0.2, 0) is 19.3 Å². The largest absolute Gasteiger partial charge is 0.115 e. The number of hydrogen-bond acceptors (Lipinski definition) is 0. The first kappa shape index (κ1) is 34.1. The molecule has 0 nitrogen and oxygen atoms in total. The Morgan fingerprint density at radius 2 is 1.21 bits per heavy atom. The quantitative estimate of drug-likeness (QED) is 0.162. The highest BCUT2D eigenvalue weighted by Crippen LogP contribution is 2.44. The average molecular weight is 731 g/mol. The van der Waals surface area contributed by atoms with Gasteiger partial charge in [0.05, 0.1) is 0 Å². The molecule has 0 amide bonds. The lowest BCUT2D eigenvalue weighted by Crippen LogP contribution is -2.13. The van der Waals surface area contributed by atoms with Gasteiger partial charge in [-0.15, -0.1) is 6.42 Å². The van der Waals surface area contributed by atoms with Gasteiger partial charge in [-0.1, -0.05) is 159 Å². The van der Waals surface area contributed by atoms with Gasteiger partial charge < -0.3 is 0 Å². The first-order chi connectivity index (χ1) is 28.1. The van der Waals surface area contributed by atoms with E-state index in [9.17, 15) is 0 Å². The molecule has 0 aliphatic heterocycles. The first-order valence-corrected chi connectivity index (χ1v) is 21.0. The average Bonchev–Trinajstić information content (AvgIpc) is 3.27. The normalized spacial score (nSPS) is 22.4. The van der Waals surface area contributed by atoms with E-state index in [2.05, 4.69) is 165 Å². The summed E-state index contributed by atoms with van der Waals surface area (Å²) in [6.07, 6.45) is 41.9. The summed E-state index contributed by atoms with van der Waals surface area (Å²) in [7, 11) is 0. The zero-order chi connectivity index (χ0) is 38.0. The molecule has 0 heteroatoms. The Labute approximate surface area is 337 Å². The SMILES string of the molecule is C#CC=CC1C=Cc2c(ccc3c4c(ccc23)CCC(C2=Cc3ccc(C5=Cc6ccc(-c7ccc8c(c7)C7C=CC=CC7C=C8)cc6CC5)cc3CC2)=C4)C1C. The summed E-state index contributed by atoms with van der Waals surface area (Å²) >= 11 is 0. The molecular weight excluding hydrogens is 685 g/mol. The van der Waals surface area contributed by atoms with Gasteiger partial charge in [0, 0.05) is 17.8 Å². The van der Waals surface area contributed by atoms with Gasteiger partial charge in [-0.25, -0.2) is 0 Å². The van der Waals surface area contributed by atoms with E-state index in [-0.39, 0.29) is 0 Å². The Bertz CT molecular complexity index is 2830. The minimum absolute atomic E-state index is 0.335. The maximum absolute atomic E-state index is 5.53. The molecule has 6 aliphatic rings. The van der Waals surface area contributed by atoms with Gasteiger partial charge in [0.15, 0.2) is 0 Å². The van der Waals surface area contributed by atoms with E-state index in [1.165, 1.54) is 99.8 Å². The van der Waals surface area contributed by atoms with Crippen molar-refractivity contribution in [1.82, 2.24) is 0 Å². The third kappa shape index (κ3) is 5.92. The van der Waals surface area contributed by atoms with E-state index in [4.69, 9.17) is 6.42 Å². The van der Waals surface area contributed by atoms with Gasteiger partial charge in [-0.2, -0.15) is 0 Å². The smallest absolute Gasteiger partial charge is 0.0125 e. The third-order valence-electron chi connectivity index (χ3n) is 13.9. The summed E-state index contributed by atoms with van der Waals surface area (Å²) in [5, 5.41) is 2.74. The van der Waals surface area contributed by atoms with Crippen molar-refractivity contribution < 1.29 is 0 Å². The molecule has 5 aromatic carbocycles. The maximum atomic E-state index is 5.53. The van der Waals surface area contributed by atoms with Gasteiger partial charge in [-0.05, 0) is 156 Å². The maximum Gasteiger partial charge on any atom is 0.0125 e. The molecule has 0 N–H and O–H groups in total. The van der Waals surface area contributed by atoms with Crippen molar-refractivity contribution in [2.45, 2.75) is 57.3 Å². The molecule has 4 atom stereocenters. The highest BCUT2D eigenvalue weighted by Gasteiger charge is 2.26. The van der Waals surface area contributed by atoms with Crippen LogP contribution in [0.25, 0.3) is 57.9 Å². The molecule has 0 spiro atoms. The number of benzene rings is 5. The molecule has 57 heavy (non-hydrogen) atoms. The summed E-state index contributed by atoms with van der Waals surface area (Å²) < 4.78 is 0. The van der Waals surface area contributed by atoms with Crippen molar-refractivity contribution in [3.63, 3.8) is 0 Å². The topological polar surface area (TPSA) is 0 Å². The molecule has 4 unspecified atom stereocenters.